The van der Waals surface area contributed by atoms with E-state index in [4.69, 9.17) is 9.47 Å². The van der Waals surface area contributed by atoms with Crippen LogP contribution in [0, 0.1) is 0 Å². The first-order valence-corrected chi connectivity index (χ1v) is 10.4. The summed E-state index contributed by atoms with van der Waals surface area (Å²) in [7, 11) is 2.99. The molecule has 0 radical (unpaired) electrons. The molecule has 1 N–H and O–H groups in total. The van der Waals surface area contributed by atoms with Crippen molar-refractivity contribution in [3.63, 3.8) is 0 Å². The Morgan fingerprint density at radius 3 is 2.42 bits per heavy atom. The molecular formula is C24H24N4O5. The Morgan fingerprint density at radius 2 is 1.76 bits per heavy atom. The third kappa shape index (κ3) is 4.30. The first-order valence-electron chi connectivity index (χ1n) is 10.4. The second-order valence-electron chi connectivity index (χ2n) is 7.50. The molecule has 1 unspecified atom stereocenters. The minimum atomic E-state index is -0.733. The van der Waals surface area contributed by atoms with Crippen molar-refractivity contribution < 1.29 is 24.2 Å². The maximum absolute atomic E-state index is 13.1. The third-order valence-electron chi connectivity index (χ3n) is 5.59. The number of aryl methyl sites for hydroxylation is 1. The number of likely N-dealkylation sites (tertiary alicyclic amines) is 1. The third-order valence-corrected chi connectivity index (χ3v) is 5.59. The Morgan fingerprint density at radius 1 is 1.00 bits per heavy atom. The molecule has 1 fully saturated rings. The van der Waals surface area contributed by atoms with Crippen LogP contribution in [0.5, 0.6) is 11.5 Å². The lowest BCUT2D eigenvalue weighted by atomic mass is 9.95. The van der Waals surface area contributed by atoms with E-state index in [1.807, 2.05) is 10.8 Å². The molecule has 1 aromatic carbocycles. The van der Waals surface area contributed by atoms with E-state index in [2.05, 4.69) is 9.97 Å². The van der Waals surface area contributed by atoms with Gasteiger partial charge in [-0.3, -0.25) is 14.6 Å². The second-order valence-corrected chi connectivity index (χ2v) is 7.50. The number of ether oxygens (including phenoxy) is 2. The van der Waals surface area contributed by atoms with E-state index in [0.717, 1.165) is 0 Å². The summed E-state index contributed by atoms with van der Waals surface area (Å²) in [5.41, 5.74) is 1.07. The molecule has 0 bridgehead atoms. The molecule has 1 aliphatic heterocycles. The summed E-state index contributed by atoms with van der Waals surface area (Å²) in [6.07, 6.45) is 9.03. The monoisotopic (exact) mass is 448 g/mol. The van der Waals surface area contributed by atoms with Crippen LogP contribution in [0.1, 0.15) is 23.6 Å². The van der Waals surface area contributed by atoms with Crippen LogP contribution in [0.25, 0.3) is 5.76 Å². The lowest BCUT2D eigenvalue weighted by Gasteiger charge is -2.25. The number of aliphatic hydroxyl groups is 1. The highest BCUT2D eigenvalue weighted by molar-refractivity contribution is 6.46. The van der Waals surface area contributed by atoms with Gasteiger partial charge in [-0.15, -0.1) is 0 Å². The first-order chi connectivity index (χ1) is 16.0. The van der Waals surface area contributed by atoms with Crippen molar-refractivity contribution in [3.8, 4) is 11.5 Å². The lowest BCUT2D eigenvalue weighted by Crippen LogP contribution is -2.31. The Labute approximate surface area is 190 Å². The van der Waals surface area contributed by atoms with Crippen molar-refractivity contribution in [1.29, 1.82) is 0 Å². The number of ketones is 1. The Balaban J connectivity index is 1.73. The fraction of sp³-hybridized carbons (Fsp3) is 0.250. The van der Waals surface area contributed by atoms with E-state index in [0.29, 0.717) is 42.1 Å². The van der Waals surface area contributed by atoms with Crippen molar-refractivity contribution in [2.75, 3.05) is 20.8 Å². The summed E-state index contributed by atoms with van der Waals surface area (Å²) in [4.78, 5) is 35.6. The van der Waals surface area contributed by atoms with Crippen LogP contribution in [0.15, 0.2) is 67.0 Å². The summed E-state index contributed by atoms with van der Waals surface area (Å²) < 4.78 is 12.5. The normalized spacial score (nSPS) is 17.4. The molecule has 4 rings (SSSR count). The number of aromatic nitrogens is 3. The topological polar surface area (TPSA) is 107 Å². The molecule has 1 aliphatic rings. The van der Waals surface area contributed by atoms with Crippen molar-refractivity contribution in [2.45, 2.75) is 19.0 Å². The van der Waals surface area contributed by atoms with Gasteiger partial charge < -0.3 is 24.0 Å². The average Bonchev–Trinajstić information content (AvgIpc) is 3.46. The predicted octanol–water partition coefficient (Wildman–Crippen LogP) is 2.81. The summed E-state index contributed by atoms with van der Waals surface area (Å²) in [5.74, 6) is -0.763. The number of carbonyl (C=O) groups is 2. The summed E-state index contributed by atoms with van der Waals surface area (Å²) in [5, 5.41) is 11.2. The largest absolute Gasteiger partial charge is 0.507 e. The molecule has 3 heterocycles. The number of Topliss-reactive ketones (excluding diaryl/α,β-unsaturated/α-hetero) is 1. The minimum Gasteiger partial charge on any atom is -0.507 e. The molecule has 0 saturated carbocycles. The maximum atomic E-state index is 13.1. The highest BCUT2D eigenvalue weighted by atomic mass is 16.5. The van der Waals surface area contributed by atoms with Crippen LogP contribution in [0.3, 0.4) is 0 Å². The van der Waals surface area contributed by atoms with Crippen molar-refractivity contribution in [2.24, 2.45) is 0 Å². The van der Waals surface area contributed by atoms with Crippen molar-refractivity contribution >= 4 is 17.4 Å². The highest BCUT2D eigenvalue weighted by Gasteiger charge is 2.45. The average molecular weight is 448 g/mol. The van der Waals surface area contributed by atoms with Crippen LogP contribution < -0.4 is 9.47 Å². The van der Waals surface area contributed by atoms with Gasteiger partial charge in [0.1, 0.15) is 5.76 Å². The van der Waals surface area contributed by atoms with Gasteiger partial charge in [0.25, 0.3) is 11.7 Å². The SMILES string of the molecule is COc1ccc(/C(O)=C2/C(=O)C(=O)N(CCCn3ccnc3)C2c2ccncc2)cc1OC. The van der Waals surface area contributed by atoms with Gasteiger partial charge in [0, 0.05) is 43.4 Å². The molecule has 3 aromatic rings. The van der Waals surface area contributed by atoms with E-state index in [1.54, 1.807) is 55.2 Å². The number of imidazole rings is 1. The quantitative estimate of drug-likeness (QED) is 0.321. The van der Waals surface area contributed by atoms with Crippen molar-refractivity contribution in [3.05, 3.63) is 78.1 Å². The van der Waals surface area contributed by atoms with Crippen LogP contribution in [0.2, 0.25) is 0 Å². The molecular weight excluding hydrogens is 424 g/mol. The van der Waals surface area contributed by atoms with Gasteiger partial charge in [-0.05, 0) is 42.3 Å². The predicted molar refractivity (Wildman–Crippen MR) is 120 cm³/mol. The molecule has 9 heteroatoms. The van der Waals surface area contributed by atoms with E-state index in [1.165, 1.54) is 19.1 Å². The zero-order valence-corrected chi connectivity index (χ0v) is 18.3. The van der Waals surface area contributed by atoms with E-state index in [9.17, 15) is 14.7 Å². The van der Waals surface area contributed by atoms with Gasteiger partial charge in [0.15, 0.2) is 11.5 Å². The molecule has 9 nitrogen and oxygen atoms in total. The zero-order chi connectivity index (χ0) is 23.4. The molecule has 1 atom stereocenters. The Kier molecular flexibility index (Phi) is 6.39. The molecule has 1 amide bonds. The molecule has 0 aliphatic carbocycles. The second kappa shape index (κ2) is 9.56. The minimum absolute atomic E-state index is 0.0288. The number of nitrogens with zero attached hydrogens (tertiary/aromatic N) is 4. The molecule has 0 spiro atoms. The molecule has 2 aromatic heterocycles. The molecule has 1 saturated heterocycles. The van der Waals surface area contributed by atoms with Gasteiger partial charge in [-0.1, -0.05) is 0 Å². The number of benzene rings is 1. The summed E-state index contributed by atoms with van der Waals surface area (Å²) in [6, 6.07) is 7.57. The molecule has 170 valence electrons. The fourth-order valence-electron chi connectivity index (χ4n) is 3.98. The number of aliphatic hydroxyl groups excluding tert-OH is 1. The number of hydrogen-bond donors (Lipinski definition) is 1. The first kappa shape index (κ1) is 22.1. The zero-order valence-electron chi connectivity index (χ0n) is 18.3. The summed E-state index contributed by atoms with van der Waals surface area (Å²) >= 11 is 0. The van der Waals surface area contributed by atoms with Crippen LogP contribution in [-0.2, 0) is 16.1 Å². The smallest absolute Gasteiger partial charge is 0.295 e. The Bertz CT molecular complexity index is 1170. The van der Waals surface area contributed by atoms with Gasteiger partial charge >= 0.3 is 0 Å². The number of pyridine rings is 1. The lowest BCUT2D eigenvalue weighted by molar-refractivity contribution is -0.139. The number of hydrogen-bond acceptors (Lipinski definition) is 7. The number of amides is 1. The van der Waals surface area contributed by atoms with Crippen LogP contribution >= 0.6 is 0 Å². The van der Waals surface area contributed by atoms with Crippen LogP contribution in [-0.4, -0.2) is 57.0 Å². The van der Waals surface area contributed by atoms with Gasteiger partial charge in [0.05, 0.1) is 32.2 Å². The van der Waals surface area contributed by atoms with Gasteiger partial charge in [-0.2, -0.15) is 0 Å². The Hall–Kier alpha value is -4.14. The number of methoxy groups -OCH3 is 2. The number of rotatable bonds is 8. The van der Waals surface area contributed by atoms with Gasteiger partial charge in [-0.25, -0.2) is 4.98 Å². The fourth-order valence-corrected chi connectivity index (χ4v) is 3.98. The van der Waals surface area contributed by atoms with Crippen LogP contribution in [0.4, 0.5) is 0 Å². The summed E-state index contributed by atoms with van der Waals surface area (Å²) in [6.45, 7) is 0.972. The highest BCUT2D eigenvalue weighted by Crippen LogP contribution is 2.40. The maximum Gasteiger partial charge on any atom is 0.295 e. The standard InChI is InChI=1S/C24H24N4O5/c1-32-18-5-4-17(14-19(18)33-2)22(29)20-21(16-6-8-25-9-7-16)28(24(31)23(20)30)12-3-11-27-13-10-26-15-27/h4-10,13-15,21,29H,3,11-12H2,1-2H3/b22-20-. The molecule has 33 heavy (non-hydrogen) atoms. The van der Waals surface area contributed by atoms with Gasteiger partial charge in [0.2, 0.25) is 0 Å². The van der Waals surface area contributed by atoms with E-state index < -0.39 is 17.7 Å². The van der Waals surface area contributed by atoms with Crippen molar-refractivity contribution in [1.82, 2.24) is 19.4 Å². The number of carbonyl (C=O) groups excluding carboxylic acids is 2. The van der Waals surface area contributed by atoms with E-state index in [-0.39, 0.29) is 11.3 Å². The van der Waals surface area contributed by atoms with E-state index >= 15 is 0 Å².